The van der Waals surface area contributed by atoms with Crippen LogP contribution in [-0.2, 0) is 11.3 Å². The number of aliphatic imine (C=N–C) groups is 1. The number of ether oxygens (including phenoxy) is 1. The minimum atomic E-state index is -0.292. The first-order chi connectivity index (χ1) is 8.52. The summed E-state index contributed by atoms with van der Waals surface area (Å²) < 4.78 is 19.2. The van der Waals surface area contributed by atoms with E-state index in [0.29, 0.717) is 12.2 Å². The van der Waals surface area contributed by atoms with Crippen molar-refractivity contribution < 1.29 is 9.13 Å². The van der Waals surface area contributed by atoms with Gasteiger partial charge in [0, 0.05) is 23.2 Å². The van der Waals surface area contributed by atoms with Gasteiger partial charge in [0.1, 0.15) is 5.82 Å². The Balaban J connectivity index is 2.59. The molecule has 1 atom stereocenters. The fraction of sp³-hybridized carbons (Fsp3) is 0.417. The first kappa shape index (κ1) is 14.9. The van der Waals surface area contributed by atoms with Crippen molar-refractivity contribution in [3.63, 3.8) is 0 Å². The molecule has 1 unspecified atom stereocenters. The average Bonchev–Trinajstić information content (AvgIpc) is 2.30. The largest absolute Gasteiger partial charge is 0.383 e. The van der Waals surface area contributed by atoms with Gasteiger partial charge in [0.2, 0.25) is 0 Å². The van der Waals surface area contributed by atoms with E-state index in [4.69, 9.17) is 10.5 Å². The van der Waals surface area contributed by atoms with Crippen molar-refractivity contribution in [2.75, 3.05) is 13.7 Å². The predicted molar refractivity (Wildman–Crippen MR) is 73.9 cm³/mol. The third-order valence-corrected chi connectivity index (χ3v) is 2.73. The van der Waals surface area contributed by atoms with Crippen LogP contribution in [0.25, 0.3) is 0 Å². The summed E-state index contributed by atoms with van der Waals surface area (Å²) in [5, 5.41) is 2.95. The van der Waals surface area contributed by atoms with Crippen molar-refractivity contribution in [1.82, 2.24) is 5.32 Å². The maximum absolute atomic E-state index is 13.4. The molecule has 4 nitrogen and oxygen atoms in total. The van der Waals surface area contributed by atoms with Gasteiger partial charge in [-0.15, -0.1) is 0 Å². The highest BCUT2D eigenvalue weighted by molar-refractivity contribution is 9.10. The zero-order chi connectivity index (χ0) is 13.5. The number of nitrogens with zero attached hydrogens (tertiary/aromatic N) is 1. The van der Waals surface area contributed by atoms with E-state index in [2.05, 4.69) is 26.2 Å². The Labute approximate surface area is 115 Å². The number of nitrogens with one attached hydrogen (secondary N) is 1. The molecule has 0 bridgehead atoms. The third kappa shape index (κ3) is 5.01. The molecule has 0 amide bonds. The van der Waals surface area contributed by atoms with Gasteiger partial charge in [0.05, 0.1) is 13.2 Å². The Morgan fingerprint density at radius 2 is 2.33 bits per heavy atom. The Kier molecular flexibility index (Phi) is 6.07. The first-order valence-electron chi connectivity index (χ1n) is 5.52. The molecule has 0 aliphatic rings. The molecular formula is C12H17BrFN3O. The summed E-state index contributed by atoms with van der Waals surface area (Å²) in [6.07, 6.45) is 0. The molecule has 0 fully saturated rings. The molecule has 1 aromatic carbocycles. The Morgan fingerprint density at radius 3 is 3.00 bits per heavy atom. The van der Waals surface area contributed by atoms with Gasteiger partial charge in [-0.05, 0) is 25.1 Å². The van der Waals surface area contributed by atoms with Crippen LogP contribution in [0.2, 0.25) is 0 Å². The molecule has 0 saturated heterocycles. The molecule has 18 heavy (non-hydrogen) atoms. The van der Waals surface area contributed by atoms with E-state index in [1.165, 1.54) is 6.07 Å². The fourth-order valence-corrected chi connectivity index (χ4v) is 1.83. The van der Waals surface area contributed by atoms with Crippen LogP contribution >= 0.6 is 15.9 Å². The van der Waals surface area contributed by atoms with Crippen LogP contribution in [0.3, 0.4) is 0 Å². The lowest BCUT2D eigenvalue weighted by atomic mass is 10.2. The highest BCUT2D eigenvalue weighted by Crippen LogP contribution is 2.16. The van der Waals surface area contributed by atoms with Crippen LogP contribution in [0.15, 0.2) is 27.7 Å². The monoisotopic (exact) mass is 317 g/mol. The minimum Gasteiger partial charge on any atom is -0.383 e. The smallest absolute Gasteiger partial charge is 0.189 e. The summed E-state index contributed by atoms with van der Waals surface area (Å²) in [7, 11) is 1.61. The molecule has 100 valence electrons. The molecule has 0 aliphatic carbocycles. The minimum absolute atomic E-state index is 0.0612. The van der Waals surface area contributed by atoms with Crippen molar-refractivity contribution in [3.05, 3.63) is 34.1 Å². The van der Waals surface area contributed by atoms with Crippen molar-refractivity contribution in [2.45, 2.75) is 19.5 Å². The molecule has 3 N–H and O–H groups in total. The predicted octanol–water partition coefficient (Wildman–Crippen LogP) is 2.03. The maximum Gasteiger partial charge on any atom is 0.189 e. The molecule has 0 saturated carbocycles. The second-order valence-corrected chi connectivity index (χ2v) is 4.85. The van der Waals surface area contributed by atoms with Gasteiger partial charge >= 0.3 is 0 Å². The first-order valence-corrected chi connectivity index (χ1v) is 6.31. The zero-order valence-electron chi connectivity index (χ0n) is 10.4. The Morgan fingerprint density at radius 1 is 1.61 bits per heavy atom. The molecule has 0 spiro atoms. The number of hydrogen-bond acceptors (Lipinski definition) is 2. The number of guanidine groups is 1. The van der Waals surface area contributed by atoms with Gasteiger partial charge in [-0.1, -0.05) is 15.9 Å². The van der Waals surface area contributed by atoms with E-state index < -0.39 is 0 Å². The van der Waals surface area contributed by atoms with Gasteiger partial charge < -0.3 is 15.8 Å². The van der Waals surface area contributed by atoms with Gasteiger partial charge in [-0.3, -0.25) is 0 Å². The van der Waals surface area contributed by atoms with Crippen LogP contribution in [0.1, 0.15) is 12.5 Å². The van der Waals surface area contributed by atoms with Gasteiger partial charge in [0.25, 0.3) is 0 Å². The quantitative estimate of drug-likeness (QED) is 0.645. The summed E-state index contributed by atoms with van der Waals surface area (Å²) in [6, 6.07) is 4.79. The molecule has 1 aromatic rings. The summed E-state index contributed by atoms with van der Waals surface area (Å²) in [5.41, 5.74) is 6.18. The van der Waals surface area contributed by atoms with E-state index in [-0.39, 0.29) is 24.4 Å². The van der Waals surface area contributed by atoms with Gasteiger partial charge in [0.15, 0.2) is 5.96 Å². The molecule has 0 aliphatic heterocycles. The second-order valence-electron chi connectivity index (χ2n) is 3.94. The van der Waals surface area contributed by atoms with E-state index in [9.17, 15) is 4.39 Å². The van der Waals surface area contributed by atoms with Gasteiger partial charge in [-0.2, -0.15) is 0 Å². The molecular weight excluding hydrogens is 301 g/mol. The van der Waals surface area contributed by atoms with Crippen LogP contribution in [0.5, 0.6) is 0 Å². The number of benzene rings is 1. The SMILES string of the molecule is COCC(C)NC(N)=NCc1cc(Br)ccc1F. The van der Waals surface area contributed by atoms with Crippen LogP contribution < -0.4 is 11.1 Å². The normalized spacial score (nSPS) is 13.4. The standard InChI is InChI=1S/C12H17BrFN3O/c1-8(7-18-2)17-12(15)16-6-9-5-10(13)3-4-11(9)14/h3-5,8H,6-7H2,1-2H3,(H3,15,16,17). The zero-order valence-corrected chi connectivity index (χ0v) is 12.0. The number of rotatable bonds is 5. The lowest BCUT2D eigenvalue weighted by molar-refractivity contribution is 0.179. The highest BCUT2D eigenvalue weighted by atomic mass is 79.9. The topological polar surface area (TPSA) is 59.6 Å². The molecule has 0 aromatic heterocycles. The Bertz CT molecular complexity index is 426. The highest BCUT2D eigenvalue weighted by Gasteiger charge is 2.04. The maximum atomic E-state index is 13.4. The van der Waals surface area contributed by atoms with E-state index in [0.717, 1.165) is 4.47 Å². The van der Waals surface area contributed by atoms with Crippen LogP contribution in [-0.4, -0.2) is 25.7 Å². The molecule has 6 heteroatoms. The lowest BCUT2D eigenvalue weighted by Gasteiger charge is -2.13. The fourth-order valence-electron chi connectivity index (χ4n) is 1.42. The summed E-state index contributed by atoms with van der Waals surface area (Å²) in [4.78, 5) is 4.09. The third-order valence-electron chi connectivity index (χ3n) is 2.24. The summed E-state index contributed by atoms with van der Waals surface area (Å²) in [5.74, 6) is -0.0152. The van der Waals surface area contributed by atoms with E-state index in [1.54, 1.807) is 19.2 Å². The Hall–Kier alpha value is -1.14. The number of methoxy groups -OCH3 is 1. The average molecular weight is 318 g/mol. The van der Waals surface area contributed by atoms with Crippen molar-refractivity contribution in [3.8, 4) is 0 Å². The number of halogens is 2. The number of hydrogen-bond donors (Lipinski definition) is 2. The van der Waals surface area contributed by atoms with Gasteiger partial charge in [-0.25, -0.2) is 9.38 Å². The number of nitrogens with two attached hydrogens (primary N) is 1. The van der Waals surface area contributed by atoms with Crippen molar-refractivity contribution >= 4 is 21.9 Å². The summed E-state index contributed by atoms with van der Waals surface area (Å²) >= 11 is 3.29. The molecule has 0 radical (unpaired) electrons. The lowest BCUT2D eigenvalue weighted by Crippen LogP contribution is -2.40. The molecule has 1 rings (SSSR count). The van der Waals surface area contributed by atoms with Crippen LogP contribution in [0, 0.1) is 5.82 Å². The molecule has 0 heterocycles. The summed E-state index contributed by atoms with van der Waals surface area (Å²) in [6.45, 7) is 2.65. The van der Waals surface area contributed by atoms with E-state index >= 15 is 0 Å². The second kappa shape index (κ2) is 7.33. The van der Waals surface area contributed by atoms with Crippen molar-refractivity contribution in [2.24, 2.45) is 10.7 Å². The van der Waals surface area contributed by atoms with Crippen LogP contribution in [0.4, 0.5) is 4.39 Å². The van der Waals surface area contributed by atoms with E-state index in [1.807, 2.05) is 6.92 Å². The van der Waals surface area contributed by atoms with Crippen molar-refractivity contribution in [1.29, 1.82) is 0 Å².